The third-order valence-corrected chi connectivity index (χ3v) is 2.50. The number of hydrogen-bond acceptors (Lipinski definition) is 1. The van der Waals surface area contributed by atoms with Gasteiger partial charge < -0.3 is 5.32 Å². The Bertz CT molecular complexity index is 339. The van der Waals surface area contributed by atoms with E-state index in [9.17, 15) is 0 Å². The maximum atomic E-state index is 3.49. The lowest BCUT2D eigenvalue weighted by Crippen LogP contribution is -2.17. The highest BCUT2D eigenvalue weighted by Gasteiger charge is 2.10. The zero-order chi connectivity index (χ0) is 9.26. The van der Waals surface area contributed by atoms with Crippen LogP contribution in [0.5, 0.6) is 0 Å². The molecule has 1 aromatic rings. The van der Waals surface area contributed by atoms with Crippen molar-refractivity contribution in [2.45, 2.75) is 26.3 Å². The van der Waals surface area contributed by atoms with Crippen LogP contribution in [0.25, 0.3) is 6.08 Å². The van der Waals surface area contributed by atoms with E-state index >= 15 is 0 Å². The van der Waals surface area contributed by atoms with Crippen LogP contribution in [0, 0.1) is 0 Å². The van der Waals surface area contributed by atoms with Gasteiger partial charge in [-0.3, -0.25) is 0 Å². The number of benzene rings is 1. The summed E-state index contributed by atoms with van der Waals surface area (Å²) in [7, 11) is 0. The first-order chi connectivity index (χ1) is 6.31. The van der Waals surface area contributed by atoms with Crippen LogP contribution in [0.15, 0.2) is 24.3 Å². The molecule has 13 heavy (non-hydrogen) atoms. The molecule has 68 valence electrons. The normalized spacial score (nSPS) is 19.4. The Kier molecular flexibility index (Phi) is 2.09. The van der Waals surface area contributed by atoms with Gasteiger partial charge in [-0.2, -0.15) is 0 Å². The summed E-state index contributed by atoms with van der Waals surface area (Å²) >= 11 is 0. The SMILES string of the molecule is CCc1cccc2c1NC(C)C=C2. The molecule has 0 radical (unpaired) electrons. The van der Waals surface area contributed by atoms with Crippen LogP contribution in [0.1, 0.15) is 25.0 Å². The molecule has 0 saturated carbocycles. The third kappa shape index (κ3) is 1.46. The highest BCUT2D eigenvalue weighted by molar-refractivity contribution is 5.73. The molecule has 2 rings (SSSR count). The van der Waals surface area contributed by atoms with E-state index in [0.29, 0.717) is 6.04 Å². The summed E-state index contributed by atoms with van der Waals surface area (Å²) in [5.41, 5.74) is 4.05. The minimum Gasteiger partial charge on any atom is -0.378 e. The zero-order valence-electron chi connectivity index (χ0n) is 8.17. The van der Waals surface area contributed by atoms with E-state index in [0.717, 1.165) is 6.42 Å². The topological polar surface area (TPSA) is 12.0 Å². The average Bonchev–Trinajstić information content (AvgIpc) is 2.17. The summed E-state index contributed by atoms with van der Waals surface area (Å²) in [5, 5.41) is 3.49. The Morgan fingerprint density at radius 1 is 1.38 bits per heavy atom. The van der Waals surface area contributed by atoms with Crippen molar-refractivity contribution in [1.82, 2.24) is 0 Å². The van der Waals surface area contributed by atoms with Gasteiger partial charge in [0.05, 0.1) is 0 Å². The van der Waals surface area contributed by atoms with Gasteiger partial charge in [0, 0.05) is 11.7 Å². The molecule has 0 amide bonds. The lowest BCUT2D eigenvalue weighted by molar-refractivity contribution is 0.978. The van der Waals surface area contributed by atoms with Crippen molar-refractivity contribution < 1.29 is 0 Å². The molecule has 0 spiro atoms. The molecule has 0 aromatic heterocycles. The van der Waals surface area contributed by atoms with Gasteiger partial charge in [-0.05, 0) is 24.5 Å². The van der Waals surface area contributed by atoms with Gasteiger partial charge >= 0.3 is 0 Å². The minimum atomic E-state index is 0.459. The van der Waals surface area contributed by atoms with E-state index in [4.69, 9.17) is 0 Å². The van der Waals surface area contributed by atoms with Gasteiger partial charge in [0.2, 0.25) is 0 Å². The quantitative estimate of drug-likeness (QED) is 0.688. The van der Waals surface area contributed by atoms with Crippen molar-refractivity contribution in [3.8, 4) is 0 Å². The van der Waals surface area contributed by atoms with Gasteiger partial charge in [0.15, 0.2) is 0 Å². The first-order valence-corrected chi connectivity index (χ1v) is 4.88. The van der Waals surface area contributed by atoms with Gasteiger partial charge in [0.25, 0.3) is 0 Å². The predicted octanol–water partition coefficient (Wildman–Crippen LogP) is 3.08. The third-order valence-electron chi connectivity index (χ3n) is 2.50. The molecule has 0 fully saturated rings. The van der Waals surface area contributed by atoms with Gasteiger partial charge in [0.1, 0.15) is 0 Å². The van der Waals surface area contributed by atoms with Crippen LogP contribution in [-0.4, -0.2) is 6.04 Å². The lowest BCUT2D eigenvalue weighted by atomic mass is 10.0. The van der Waals surface area contributed by atoms with E-state index < -0.39 is 0 Å². The fourth-order valence-corrected chi connectivity index (χ4v) is 1.75. The summed E-state index contributed by atoms with van der Waals surface area (Å²) in [6.45, 7) is 4.37. The van der Waals surface area contributed by atoms with Crippen molar-refractivity contribution >= 4 is 11.8 Å². The Hall–Kier alpha value is -1.24. The molecular formula is C12H15N. The maximum Gasteiger partial charge on any atom is 0.0450 e. The molecule has 0 aliphatic carbocycles. The Morgan fingerprint density at radius 2 is 2.23 bits per heavy atom. The van der Waals surface area contributed by atoms with Gasteiger partial charge in [-0.25, -0.2) is 0 Å². The molecule has 1 unspecified atom stereocenters. The number of fused-ring (bicyclic) bond motifs is 1. The smallest absolute Gasteiger partial charge is 0.0450 e. The van der Waals surface area contributed by atoms with Crippen LogP contribution < -0.4 is 5.32 Å². The predicted molar refractivity (Wildman–Crippen MR) is 57.9 cm³/mol. The van der Waals surface area contributed by atoms with Crippen LogP contribution in [0.2, 0.25) is 0 Å². The summed E-state index contributed by atoms with van der Waals surface area (Å²) in [6, 6.07) is 6.93. The van der Waals surface area contributed by atoms with Crippen LogP contribution in [-0.2, 0) is 6.42 Å². The molecule has 1 N–H and O–H groups in total. The minimum absolute atomic E-state index is 0.459. The van der Waals surface area contributed by atoms with E-state index in [1.54, 1.807) is 0 Å². The molecule has 1 atom stereocenters. The molecule has 1 heterocycles. The number of aryl methyl sites for hydroxylation is 1. The number of rotatable bonds is 1. The molecule has 1 heteroatoms. The Morgan fingerprint density at radius 3 is 3.00 bits per heavy atom. The number of anilines is 1. The van der Waals surface area contributed by atoms with Gasteiger partial charge in [-0.15, -0.1) is 0 Å². The first kappa shape index (κ1) is 8.36. The van der Waals surface area contributed by atoms with E-state index in [1.807, 2.05) is 0 Å². The maximum absolute atomic E-state index is 3.49. The summed E-state index contributed by atoms with van der Waals surface area (Å²) in [4.78, 5) is 0. The second-order valence-corrected chi connectivity index (χ2v) is 3.53. The van der Waals surface area contributed by atoms with Crippen LogP contribution in [0.4, 0.5) is 5.69 Å². The second kappa shape index (κ2) is 3.25. The van der Waals surface area contributed by atoms with E-state index in [1.165, 1.54) is 16.8 Å². The molecule has 1 aromatic carbocycles. The number of hydrogen-bond donors (Lipinski definition) is 1. The summed E-state index contributed by atoms with van der Waals surface area (Å²) < 4.78 is 0. The highest BCUT2D eigenvalue weighted by atomic mass is 14.9. The number of para-hydroxylation sites is 1. The van der Waals surface area contributed by atoms with Crippen molar-refractivity contribution in [3.05, 3.63) is 35.4 Å². The fraction of sp³-hybridized carbons (Fsp3) is 0.333. The van der Waals surface area contributed by atoms with Crippen LogP contribution >= 0.6 is 0 Å². The number of nitrogens with one attached hydrogen (secondary N) is 1. The second-order valence-electron chi connectivity index (χ2n) is 3.53. The van der Waals surface area contributed by atoms with Crippen LogP contribution in [0.3, 0.4) is 0 Å². The molecule has 1 nitrogen and oxygen atoms in total. The zero-order valence-corrected chi connectivity index (χ0v) is 8.17. The molecular weight excluding hydrogens is 158 g/mol. The average molecular weight is 173 g/mol. The van der Waals surface area contributed by atoms with Crippen molar-refractivity contribution in [2.24, 2.45) is 0 Å². The lowest BCUT2D eigenvalue weighted by Gasteiger charge is -2.21. The standard InChI is InChI=1S/C12H15N/c1-3-10-5-4-6-11-8-7-9(2)13-12(10)11/h4-9,13H,3H2,1-2H3. The van der Waals surface area contributed by atoms with Gasteiger partial charge in [-0.1, -0.05) is 37.3 Å². The summed E-state index contributed by atoms with van der Waals surface area (Å²) in [5.74, 6) is 0. The molecule has 0 saturated heterocycles. The monoisotopic (exact) mass is 173 g/mol. The highest BCUT2D eigenvalue weighted by Crippen LogP contribution is 2.27. The first-order valence-electron chi connectivity index (χ1n) is 4.88. The van der Waals surface area contributed by atoms with Crippen molar-refractivity contribution in [1.29, 1.82) is 0 Å². The largest absolute Gasteiger partial charge is 0.378 e. The fourth-order valence-electron chi connectivity index (χ4n) is 1.75. The molecule has 1 aliphatic rings. The molecule has 1 aliphatic heterocycles. The van der Waals surface area contributed by atoms with Crippen molar-refractivity contribution in [2.75, 3.05) is 5.32 Å². The molecule has 0 bridgehead atoms. The van der Waals surface area contributed by atoms with Crippen molar-refractivity contribution in [3.63, 3.8) is 0 Å². The Balaban J connectivity index is 2.49. The summed E-state index contributed by atoms with van der Waals surface area (Å²) in [6.07, 6.45) is 5.49. The Labute approximate surface area is 79.5 Å². The van der Waals surface area contributed by atoms with E-state index in [2.05, 4.69) is 49.5 Å². The van der Waals surface area contributed by atoms with E-state index in [-0.39, 0.29) is 0 Å².